The molecule has 2 aromatic heterocycles. The zero-order chi connectivity index (χ0) is 16.1. The first-order valence-electron chi connectivity index (χ1n) is 6.57. The normalized spacial score (nSPS) is 10.5. The van der Waals surface area contributed by atoms with E-state index in [-0.39, 0.29) is 17.7 Å². The van der Waals surface area contributed by atoms with Crippen LogP contribution in [0.25, 0.3) is 11.5 Å². The summed E-state index contributed by atoms with van der Waals surface area (Å²) in [4.78, 5) is 11.9. The Kier molecular flexibility index (Phi) is 4.83. The fraction of sp³-hybridized carbons (Fsp3) is 0.154. The van der Waals surface area contributed by atoms with Crippen LogP contribution in [0, 0.1) is 0 Å². The maximum absolute atomic E-state index is 11.9. The third-order valence-corrected chi connectivity index (χ3v) is 4.71. The lowest BCUT2D eigenvalue weighted by Gasteiger charge is -1.98. The van der Waals surface area contributed by atoms with Gasteiger partial charge in [-0.1, -0.05) is 46.4 Å². The molecule has 8 nitrogen and oxygen atoms in total. The minimum absolute atomic E-state index is 0.0719. The number of nitrogens with zero attached hydrogens (tertiary/aromatic N) is 4. The molecule has 0 bridgehead atoms. The van der Waals surface area contributed by atoms with E-state index in [0.29, 0.717) is 15.4 Å². The van der Waals surface area contributed by atoms with Crippen LogP contribution in [0.2, 0.25) is 0 Å². The Bertz CT molecular complexity index is 789. The molecule has 1 amide bonds. The van der Waals surface area contributed by atoms with Gasteiger partial charge in [0.1, 0.15) is 0 Å². The molecule has 3 aromatic rings. The van der Waals surface area contributed by atoms with Gasteiger partial charge in [-0.25, -0.2) is 0 Å². The van der Waals surface area contributed by atoms with Crippen LogP contribution in [-0.4, -0.2) is 39.1 Å². The van der Waals surface area contributed by atoms with Crippen molar-refractivity contribution in [2.24, 2.45) is 0 Å². The first-order chi connectivity index (χ1) is 11.2. The maximum atomic E-state index is 11.9. The molecule has 0 saturated carbocycles. The summed E-state index contributed by atoms with van der Waals surface area (Å²) < 4.78 is 6.12. The molecule has 2 N–H and O–H groups in total. The van der Waals surface area contributed by atoms with Crippen molar-refractivity contribution in [1.82, 2.24) is 20.4 Å². The van der Waals surface area contributed by atoms with Gasteiger partial charge in [-0.15, -0.1) is 15.3 Å². The highest BCUT2D eigenvalue weighted by molar-refractivity contribution is 8.01. The van der Waals surface area contributed by atoms with Gasteiger partial charge >= 0.3 is 6.01 Å². The number of carbonyl (C=O) groups excluding carboxylic acids is 1. The number of hydrogen-bond donors (Lipinski definition) is 2. The van der Waals surface area contributed by atoms with Crippen molar-refractivity contribution in [2.45, 2.75) is 4.34 Å². The van der Waals surface area contributed by atoms with Gasteiger partial charge in [-0.05, 0) is 12.1 Å². The van der Waals surface area contributed by atoms with Gasteiger partial charge in [0.2, 0.25) is 16.9 Å². The van der Waals surface area contributed by atoms with E-state index < -0.39 is 0 Å². The van der Waals surface area contributed by atoms with E-state index in [2.05, 4.69) is 31.0 Å². The second-order valence-electron chi connectivity index (χ2n) is 4.24. The molecular formula is C13H12N6O2S2. The van der Waals surface area contributed by atoms with Gasteiger partial charge in [0.15, 0.2) is 4.34 Å². The Hall–Kier alpha value is -2.46. The molecule has 2 heterocycles. The lowest BCUT2D eigenvalue weighted by atomic mass is 10.2. The van der Waals surface area contributed by atoms with Crippen LogP contribution in [0.4, 0.5) is 11.1 Å². The number of hydrogen-bond acceptors (Lipinski definition) is 9. The smallest absolute Gasteiger partial charge is 0.322 e. The van der Waals surface area contributed by atoms with Gasteiger partial charge in [0, 0.05) is 12.6 Å². The van der Waals surface area contributed by atoms with Crippen LogP contribution < -0.4 is 10.6 Å². The Morgan fingerprint density at radius 2 is 2.04 bits per heavy atom. The summed E-state index contributed by atoms with van der Waals surface area (Å²) >= 11 is 2.67. The SMILES string of the molecule is CNc1nnc(SCC(=O)Nc2nnc(-c3ccccc3)o2)s1. The number of rotatable bonds is 6. The number of amides is 1. The predicted octanol–water partition coefficient (Wildman–Crippen LogP) is 2.36. The highest BCUT2D eigenvalue weighted by atomic mass is 32.2. The summed E-state index contributed by atoms with van der Waals surface area (Å²) in [6, 6.07) is 9.41. The van der Waals surface area contributed by atoms with E-state index in [0.717, 1.165) is 5.56 Å². The van der Waals surface area contributed by atoms with Crippen molar-refractivity contribution in [2.75, 3.05) is 23.4 Å². The summed E-state index contributed by atoms with van der Waals surface area (Å²) in [6.45, 7) is 0. The fourth-order valence-electron chi connectivity index (χ4n) is 1.62. The Labute approximate surface area is 139 Å². The van der Waals surface area contributed by atoms with Crippen molar-refractivity contribution in [3.05, 3.63) is 30.3 Å². The highest BCUT2D eigenvalue weighted by Crippen LogP contribution is 2.25. The number of nitrogens with one attached hydrogen (secondary N) is 2. The molecule has 0 fully saturated rings. The van der Waals surface area contributed by atoms with Crippen LogP contribution in [-0.2, 0) is 4.79 Å². The van der Waals surface area contributed by atoms with E-state index in [9.17, 15) is 4.79 Å². The highest BCUT2D eigenvalue weighted by Gasteiger charge is 2.12. The zero-order valence-electron chi connectivity index (χ0n) is 12.0. The van der Waals surface area contributed by atoms with E-state index in [4.69, 9.17) is 4.42 Å². The molecule has 1 aromatic carbocycles. The standard InChI is InChI=1S/C13H12N6O2S2/c1-14-12-18-19-13(23-12)22-7-9(20)15-11-17-16-10(21-11)8-5-3-2-4-6-8/h2-6H,7H2,1H3,(H,14,18)(H,15,17,20). The molecule has 0 saturated heterocycles. The Morgan fingerprint density at radius 1 is 1.22 bits per heavy atom. The van der Waals surface area contributed by atoms with Crippen LogP contribution >= 0.6 is 23.1 Å². The molecule has 0 atom stereocenters. The topological polar surface area (TPSA) is 106 Å². The van der Waals surface area contributed by atoms with Gasteiger partial charge in [-0.3, -0.25) is 10.1 Å². The molecule has 0 aliphatic rings. The summed E-state index contributed by atoms with van der Waals surface area (Å²) in [7, 11) is 1.77. The van der Waals surface area contributed by atoms with Crippen LogP contribution in [0.15, 0.2) is 39.1 Å². The lowest BCUT2D eigenvalue weighted by molar-refractivity contribution is -0.113. The number of anilines is 2. The van der Waals surface area contributed by atoms with Crippen LogP contribution in [0.1, 0.15) is 0 Å². The van der Waals surface area contributed by atoms with Gasteiger partial charge < -0.3 is 9.73 Å². The number of benzene rings is 1. The van der Waals surface area contributed by atoms with Gasteiger partial charge in [0.25, 0.3) is 0 Å². The lowest BCUT2D eigenvalue weighted by Crippen LogP contribution is -2.14. The quantitative estimate of drug-likeness (QED) is 0.654. The van der Waals surface area contributed by atoms with Crippen molar-refractivity contribution in [1.29, 1.82) is 0 Å². The Balaban J connectivity index is 1.55. The molecule has 0 aliphatic heterocycles. The molecule has 3 rings (SSSR count). The molecule has 0 aliphatic carbocycles. The van der Waals surface area contributed by atoms with E-state index in [1.165, 1.54) is 23.1 Å². The van der Waals surface area contributed by atoms with Crippen molar-refractivity contribution >= 4 is 40.2 Å². The molecule has 0 unspecified atom stereocenters. The molecule has 118 valence electrons. The summed E-state index contributed by atoms with van der Waals surface area (Å²) in [5.74, 6) is 0.289. The average molecular weight is 348 g/mol. The van der Waals surface area contributed by atoms with E-state index in [1.54, 1.807) is 7.05 Å². The first kappa shape index (κ1) is 15.4. The third-order valence-electron chi connectivity index (χ3n) is 2.64. The third kappa shape index (κ3) is 4.05. The van der Waals surface area contributed by atoms with Gasteiger partial charge in [-0.2, -0.15) is 0 Å². The molecule has 10 heteroatoms. The summed E-state index contributed by atoms with van der Waals surface area (Å²) in [5, 5.41) is 21.7. The number of carbonyl (C=O) groups is 1. The molecule has 23 heavy (non-hydrogen) atoms. The Morgan fingerprint density at radius 3 is 2.78 bits per heavy atom. The van der Waals surface area contributed by atoms with Gasteiger partial charge in [0.05, 0.1) is 5.75 Å². The van der Waals surface area contributed by atoms with E-state index >= 15 is 0 Å². The second-order valence-corrected chi connectivity index (χ2v) is 6.44. The predicted molar refractivity (Wildman–Crippen MR) is 88.5 cm³/mol. The van der Waals surface area contributed by atoms with Crippen LogP contribution in [0.5, 0.6) is 0 Å². The molecular weight excluding hydrogens is 336 g/mol. The number of aromatic nitrogens is 4. The van der Waals surface area contributed by atoms with Crippen molar-refractivity contribution < 1.29 is 9.21 Å². The first-order valence-corrected chi connectivity index (χ1v) is 8.37. The minimum Gasteiger partial charge on any atom is -0.403 e. The summed E-state index contributed by atoms with van der Waals surface area (Å²) in [5.41, 5.74) is 0.795. The van der Waals surface area contributed by atoms with E-state index in [1.807, 2.05) is 30.3 Å². The summed E-state index contributed by atoms with van der Waals surface area (Å²) in [6.07, 6.45) is 0. The fourth-order valence-corrected chi connectivity index (χ4v) is 3.13. The monoisotopic (exact) mass is 348 g/mol. The zero-order valence-corrected chi connectivity index (χ0v) is 13.6. The minimum atomic E-state index is -0.250. The second kappa shape index (κ2) is 7.20. The maximum Gasteiger partial charge on any atom is 0.322 e. The van der Waals surface area contributed by atoms with Crippen LogP contribution in [0.3, 0.4) is 0 Å². The van der Waals surface area contributed by atoms with Crippen molar-refractivity contribution in [3.8, 4) is 11.5 Å². The molecule has 0 radical (unpaired) electrons. The average Bonchev–Trinajstić information content (AvgIpc) is 3.23. The molecule has 0 spiro atoms. The van der Waals surface area contributed by atoms with Crippen molar-refractivity contribution in [3.63, 3.8) is 0 Å². The number of thioether (sulfide) groups is 1. The largest absolute Gasteiger partial charge is 0.403 e.